The van der Waals surface area contributed by atoms with Crippen LogP contribution in [0.15, 0.2) is 54.6 Å². The lowest BCUT2D eigenvalue weighted by Crippen LogP contribution is -2.28. The van der Waals surface area contributed by atoms with Crippen molar-refractivity contribution < 1.29 is 19.0 Å². The van der Waals surface area contributed by atoms with Crippen LogP contribution in [0.2, 0.25) is 0 Å². The van der Waals surface area contributed by atoms with E-state index >= 15 is 0 Å². The maximum atomic E-state index is 12.2. The number of thiocarbonyl (C=S) groups is 1. The number of methoxy groups -OCH3 is 1. The molecule has 2 N–H and O–H groups in total. The van der Waals surface area contributed by atoms with Gasteiger partial charge in [-0.2, -0.15) is 0 Å². The Hall–Kier alpha value is -3.10. The lowest BCUT2D eigenvalue weighted by atomic mass is 10.1. The summed E-state index contributed by atoms with van der Waals surface area (Å²) in [7, 11) is 1.37. The molecule has 0 unspecified atom stereocenters. The third-order valence-corrected chi connectivity index (χ3v) is 5.82. The maximum absolute atomic E-state index is 12.2. The van der Waals surface area contributed by atoms with Gasteiger partial charge >= 0.3 is 5.97 Å². The van der Waals surface area contributed by atoms with Gasteiger partial charge in [0.05, 0.1) is 12.7 Å². The van der Waals surface area contributed by atoms with E-state index < -0.39 is 5.97 Å². The molecule has 0 saturated carbocycles. The molecular formula is C22H20N2O4S2. The molecule has 0 radical (unpaired) electrons. The molecule has 30 heavy (non-hydrogen) atoms. The molecule has 0 amide bonds. The topological polar surface area (TPSA) is 68.8 Å². The minimum Gasteiger partial charge on any atom is -0.465 e. The van der Waals surface area contributed by atoms with E-state index in [9.17, 15) is 4.79 Å². The van der Waals surface area contributed by atoms with Crippen LogP contribution in [0.25, 0.3) is 0 Å². The summed E-state index contributed by atoms with van der Waals surface area (Å²) in [6, 6.07) is 17.7. The summed E-state index contributed by atoms with van der Waals surface area (Å²) >= 11 is 6.92. The number of esters is 1. The second kappa shape index (κ2) is 9.15. The number of hydrogen-bond donors (Lipinski definition) is 2. The first kappa shape index (κ1) is 20.2. The van der Waals surface area contributed by atoms with Crippen LogP contribution < -0.4 is 20.1 Å². The fourth-order valence-electron chi connectivity index (χ4n) is 3.06. The standard InChI is InChI=1S/C22H20N2O4S2/c1-26-21(25)17-11-16(9-14-5-3-2-4-6-14)30-20(17)24-22(29)23-12-15-7-8-18-19(10-15)28-13-27-18/h2-8,10-11H,9,12-13H2,1H3,(H2,23,24,29). The summed E-state index contributed by atoms with van der Waals surface area (Å²) in [4.78, 5) is 13.3. The van der Waals surface area contributed by atoms with E-state index in [-0.39, 0.29) is 6.79 Å². The number of thiophene rings is 1. The molecule has 154 valence electrons. The molecular weight excluding hydrogens is 420 g/mol. The van der Waals surface area contributed by atoms with Crippen molar-refractivity contribution in [1.82, 2.24) is 5.32 Å². The van der Waals surface area contributed by atoms with E-state index in [1.54, 1.807) is 0 Å². The fourth-order valence-corrected chi connectivity index (χ4v) is 4.38. The van der Waals surface area contributed by atoms with Crippen LogP contribution in [-0.2, 0) is 17.7 Å². The predicted octanol–water partition coefficient (Wildman–Crippen LogP) is 4.34. The van der Waals surface area contributed by atoms with Crippen molar-refractivity contribution in [2.24, 2.45) is 0 Å². The molecule has 1 aromatic heterocycles. The highest BCUT2D eigenvalue weighted by atomic mass is 32.1. The molecule has 6 nitrogen and oxygen atoms in total. The Morgan fingerprint density at radius 2 is 1.90 bits per heavy atom. The molecule has 2 aromatic carbocycles. The van der Waals surface area contributed by atoms with Gasteiger partial charge in [0.2, 0.25) is 6.79 Å². The predicted molar refractivity (Wildman–Crippen MR) is 121 cm³/mol. The van der Waals surface area contributed by atoms with Crippen LogP contribution in [0.5, 0.6) is 11.5 Å². The van der Waals surface area contributed by atoms with Crippen molar-refractivity contribution in [3.63, 3.8) is 0 Å². The Balaban J connectivity index is 1.43. The average molecular weight is 441 g/mol. The van der Waals surface area contributed by atoms with Crippen LogP contribution in [0.3, 0.4) is 0 Å². The number of hydrogen-bond acceptors (Lipinski definition) is 6. The highest BCUT2D eigenvalue weighted by molar-refractivity contribution is 7.80. The van der Waals surface area contributed by atoms with E-state index in [0.29, 0.717) is 22.2 Å². The molecule has 3 aromatic rings. The number of benzene rings is 2. The Morgan fingerprint density at radius 3 is 2.70 bits per heavy atom. The van der Waals surface area contributed by atoms with Crippen molar-refractivity contribution in [2.75, 3.05) is 19.2 Å². The SMILES string of the molecule is COC(=O)c1cc(Cc2ccccc2)sc1NC(=S)NCc1ccc2c(c1)OCO2. The molecule has 2 heterocycles. The van der Waals surface area contributed by atoms with Gasteiger partial charge in [-0.1, -0.05) is 36.4 Å². The third-order valence-electron chi connectivity index (χ3n) is 4.53. The van der Waals surface area contributed by atoms with Gasteiger partial charge in [-0.15, -0.1) is 11.3 Å². The van der Waals surface area contributed by atoms with E-state index in [1.165, 1.54) is 24.0 Å². The molecule has 0 atom stereocenters. The molecule has 0 spiro atoms. The number of carbonyl (C=O) groups excluding carboxylic acids is 1. The number of carbonyl (C=O) groups is 1. The van der Waals surface area contributed by atoms with E-state index in [1.807, 2.05) is 42.5 Å². The minimum atomic E-state index is -0.397. The Morgan fingerprint density at radius 1 is 1.10 bits per heavy atom. The summed E-state index contributed by atoms with van der Waals surface area (Å²) in [5, 5.41) is 7.38. The number of nitrogens with one attached hydrogen (secondary N) is 2. The van der Waals surface area contributed by atoms with Gasteiger partial charge in [0.15, 0.2) is 16.6 Å². The lowest BCUT2D eigenvalue weighted by Gasteiger charge is -2.11. The van der Waals surface area contributed by atoms with E-state index in [0.717, 1.165) is 28.4 Å². The number of fused-ring (bicyclic) bond motifs is 1. The highest BCUT2D eigenvalue weighted by Gasteiger charge is 2.18. The van der Waals surface area contributed by atoms with Crippen LogP contribution in [-0.4, -0.2) is 25.0 Å². The first-order valence-corrected chi connectivity index (χ1v) is 10.5. The second-order valence-electron chi connectivity index (χ2n) is 6.60. The Kier molecular flexibility index (Phi) is 6.15. The highest BCUT2D eigenvalue weighted by Crippen LogP contribution is 2.33. The van der Waals surface area contributed by atoms with Crippen LogP contribution >= 0.6 is 23.6 Å². The van der Waals surface area contributed by atoms with Gasteiger partial charge in [0.1, 0.15) is 5.00 Å². The molecule has 0 saturated heterocycles. The van der Waals surface area contributed by atoms with E-state index in [4.69, 9.17) is 26.4 Å². The summed E-state index contributed by atoms with van der Waals surface area (Å²) < 4.78 is 15.7. The lowest BCUT2D eigenvalue weighted by molar-refractivity contribution is 0.0602. The van der Waals surface area contributed by atoms with Crippen LogP contribution in [0, 0.1) is 0 Å². The van der Waals surface area contributed by atoms with Gasteiger partial charge in [0.25, 0.3) is 0 Å². The van der Waals surface area contributed by atoms with Crippen molar-refractivity contribution in [3.8, 4) is 11.5 Å². The van der Waals surface area contributed by atoms with Gasteiger partial charge in [0, 0.05) is 17.8 Å². The monoisotopic (exact) mass is 440 g/mol. The molecule has 1 aliphatic rings. The zero-order valence-electron chi connectivity index (χ0n) is 16.3. The maximum Gasteiger partial charge on any atom is 0.340 e. The van der Waals surface area contributed by atoms with Crippen LogP contribution in [0.1, 0.15) is 26.4 Å². The van der Waals surface area contributed by atoms with Crippen molar-refractivity contribution in [2.45, 2.75) is 13.0 Å². The quantitative estimate of drug-likeness (QED) is 0.436. The van der Waals surface area contributed by atoms with Crippen LogP contribution in [0.4, 0.5) is 5.00 Å². The largest absolute Gasteiger partial charge is 0.465 e. The van der Waals surface area contributed by atoms with Gasteiger partial charge in [-0.05, 0) is 41.5 Å². The van der Waals surface area contributed by atoms with Crippen molar-refractivity contribution in [3.05, 3.63) is 76.2 Å². The van der Waals surface area contributed by atoms with E-state index in [2.05, 4.69) is 22.8 Å². The second-order valence-corrected chi connectivity index (χ2v) is 8.15. The zero-order chi connectivity index (χ0) is 20.9. The Labute approximate surface area is 183 Å². The zero-order valence-corrected chi connectivity index (χ0v) is 17.9. The number of anilines is 1. The molecule has 0 aliphatic carbocycles. The average Bonchev–Trinajstić information content (AvgIpc) is 3.39. The van der Waals surface area contributed by atoms with Crippen molar-refractivity contribution >= 4 is 39.6 Å². The summed E-state index contributed by atoms with van der Waals surface area (Å²) in [6.45, 7) is 0.754. The normalized spacial score (nSPS) is 11.8. The first-order valence-electron chi connectivity index (χ1n) is 9.30. The van der Waals surface area contributed by atoms with Gasteiger partial charge in [-0.25, -0.2) is 4.79 Å². The first-order chi connectivity index (χ1) is 14.6. The molecule has 0 fully saturated rings. The summed E-state index contributed by atoms with van der Waals surface area (Å²) in [6.07, 6.45) is 0.731. The molecule has 4 rings (SSSR count). The number of ether oxygens (including phenoxy) is 3. The molecule has 8 heteroatoms. The smallest absolute Gasteiger partial charge is 0.340 e. The fraction of sp³-hybridized carbons (Fsp3) is 0.182. The third kappa shape index (κ3) is 4.72. The van der Waals surface area contributed by atoms with Crippen molar-refractivity contribution in [1.29, 1.82) is 0 Å². The van der Waals surface area contributed by atoms with Gasteiger partial charge < -0.3 is 24.8 Å². The minimum absolute atomic E-state index is 0.242. The summed E-state index contributed by atoms with van der Waals surface area (Å²) in [5.41, 5.74) is 2.65. The summed E-state index contributed by atoms with van der Waals surface area (Å²) in [5.74, 6) is 1.07. The molecule has 1 aliphatic heterocycles. The molecule has 0 bridgehead atoms. The Bertz CT molecular complexity index is 1070. The number of rotatable bonds is 6. The van der Waals surface area contributed by atoms with Gasteiger partial charge in [-0.3, -0.25) is 0 Å².